The first-order valence-electron chi connectivity index (χ1n) is 6.55. The van der Waals surface area contributed by atoms with E-state index >= 15 is 0 Å². The highest BCUT2D eigenvalue weighted by Gasteiger charge is 2.09. The maximum atomic E-state index is 4.35. The molecule has 1 rings (SSSR count). The van der Waals surface area contributed by atoms with Crippen molar-refractivity contribution in [1.29, 1.82) is 0 Å². The van der Waals surface area contributed by atoms with Crippen LogP contribution in [-0.2, 0) is 13.1 Å². The quantitative estimate of drug-likeness (QED) is 0.701. The van der Waals surface area contributed by atoms with Crippen LogP contribution in [0.2, 0.25) is 0 Å². The largest absolute Gasteiger partial charge is 0.318 e. The second kappa shape index (κ2) is 8.20. The molecule has 0 saturated heterocycles. The van der Waals surface area contributed by atoms with E-state index in [0.29, 0.717) is 0 Å². The van der Waals surface area contributed by atoms with E-state index in [-0.39, 0.29) is 0 Å². The molecule has 0 radical (unpaired) electrons. The number of nitrogens with one attached hydrogen (secondary N) is 1. The molecule has 1 aromatic rings. The van der Waals surface area contributed by atoms with Crippen LogP contribution in [0.25, 0.3) is 0 Å². The molecule has 0 saturated carbocycles. The van der Waals surface area contributed by atoms with Crippen LogP contribution in [0.1, 0.15) is 32.5 Å². The number of nitrogens with zero attached hydrogens (tertiary/aromatic N) is 4. The molecule has 5 nitrogen and oxygen atoms in total. The lowest BCUT2D eigenvalue weighted by molar-refractivity contribution is 0.255. The zero-order valence-corrected chi connectivity index (χ0v) is 11.3. The molecule has 1 heterocycles. The fraction of sp³-hybridized carbons (Fsp3) is 0.833. The standard InChI is InChI=1S/C12H25N5/c1-4-7-16(9-6-13-3)10-12-14-11-15-17(12)8-5-2/h11,13H,4-10H2,1-3H3. The molecular formula is C12H25N5. The van der Waals surface area contributed by atoms with Gasteiger partial charge in [0.25, 0.3) is 0 Å². The maximum Gasteiger partial charge on any atom is 0.141 e. The molecule has 5 heteroatoms. The van der Waals surface area contributed by atoms with Crippen molar-refractivity contribution in [2.45, 2.75) is 39.8 Å². The number of likely N-dealkylation sites (N-methyl/N-ethyl adjacent to an activating group) is 1. The predicted molar refractivity (Wildman–Crippen MR) is 69.8 cm³/mol. The fourth-order valence-corrected chi connectivity index (χ4v) is 1.87. The van der Waals surface area contributed by atoms with Crippen LogP contribution in [0.5, 0.6) is 0 Å². The molecule has 0 amide bonds. The molecular weight excluding hydrogens is 214 g/mol. The Bertz CT molecular complexity index is 297. The fourth-order valence-electron chi connectivity index (χ4n) is 1.87. The van der Waals surface area contributed by atoms with E-state index in [1.807, 2.05) is 11.7 Å². The Labute approximate surface area is 104 Å². The minimum absolute atomic E-state index is 0.898. The zero-order valence-electron chi connectivity index (χ0n) is 11.3. The van der Waals surface area contributed by atoms with E-state index in [2.05, 4.69) is 34.1 Å². The summed E-state index contributed by atoms with van der Waals surface area (Å²) in [5, 5.41) is 7.45. The molecule has 0 atom stereocenters. The highest BCUT2D eigenvalue weighted by atomic mass is 15.3. The van der Waals surface area contributed by atoms with Gasteiger partial charge in [-0.25, -0.2) is 9.67 Å². The number of rotatable bonds is 9. The third-order valence-corrected chi connectivity index (χ3v) is 2.71. The van der Waals surface area contributed by atoms with Gasteiger partial charge in [-0.1, -0.05) is 13.8 Å². The van der Waals surface area contributed by atoms with Crippen LogP contribution in [0, 0.1) is 0 Å². The van der Waals surface area contributed by atoms with Crippen molar-refractivity contribution in [2.24, 2.45) is 0 Å². The lowest BCUT2D eigenvalue weighted by Gasteiger charge is -2.21. The van der Waals surface area contributed by atoms with Crippen molar-refractivity contribution in [3.05, 3.63) is 12.2 Å². The third-order valence-electron chi connectivity index (χ3n) is 2.71. The molecule has 0 aliphatic carbocycles. The van der Waals surface area contributed by atoms with Gasteiger partial charge in [0.15, 0.2) is 0 Å². The summed E-state index contributed by atoms with van der Waals surface area (Å²) in [5.74, 6) is 1.08. The Morgan fingerprint density at radius 2 is 2.12 bits per heavy atom. The van der Waals surface area contributed by atoms with Crippen LogP contribution in [-0.4, -0.2) is 46.3 Å². The first kappa shape index (κ1) is 14.1. The van der Waals surface area contributed by atoms with Crippen molar-refractivity contribution in [2.75, 3.05) is 26.7 Å². The summed E-state index contributed by atoms with van der Waals surface area (Å²) in [6.07, 6.45) is 3.93. The molecule has 1 N–H and O–H groups in total. The van der Waals surface area contributed by atoms with Gasteiger partial charge in [-0.2, -0.15) is 5.10 Å². The summed E-state index contributed by atoms with van der Waals surface area (Å²) in [4.78, 5) is 6.78. The van der Waals surface area contributed by atoms with Gasteiger partial charge in [-0.05, 0) is 26.4 Å². The first-order valence-corrected chi connectivity index (χ1v) is 6.55. The maximum absolute atomic E-state index is 4.35. The normalized spacial score (nSPS) is 11.3. The SMILES string of the molecule is CCCN(CCNC)Cc1ncnn1CCC. The highest BCUT2D eigenvalue weighted by Crippen LogP contribution is 2.02. The van der Waals surface area contributed by atoms with Crippen molar-refractivity contribution in [3.63, 3.8) is 0 Å². The monoisotopic (exact) mass is 239 g/mol. The van der Waals surface area contributed by atoms with E-state index in [0.717, 1.165) is 45.0 Å². The van der Waals surface area contributed by atoms with Gasteiger partial charge in [-0.15, -0.1) is 0 Å². The second-order valence-corrected chi connectivity index (χ2v) is 4.28. The highest BCUT2D eigenvalue weighted by molar-refractivity contribution is 4.84. The van der Waals surface area contributed by atoms with Crippen LogP contribution >= 0.6 is 0 Å². The number of hydrogen-bond donors (Lipinski definition) is 1. The van der Waals surface area contributed by atoms with Crippen LogP contribution in [0.15, 0.2) is 6.33 Å². The van der Waals surface area contributed by atoms with E-state index in [4.69, 9.17) is 0 Å². The summed E-state index contributed by atoms with van der Waals surface area (Å²) < 4.78 is 2.02. The Morgan fingerprint density at radius 3 is 2.76 bits per heavy atom. The Hall–Kier alpha value is -0.940. The van der Waals surface area contributed by atoms with Crippen LogP contribution in [0.3, 0.4) is 0 Å². The van der Waals surface area contributed by atoms with Gasteiger partial charge in [0.2, 0.25) is 0 Å². The molecule has 0 spiro atoms. The predicted octanol–water partition coefficient (Wildman–Crippen LogP) is 1.12. The van der Waals surface area contributed by atoms with Crippen LogP contribution < -0.4 is 5.32 Å². The van der Waals surface area contributed by atoms with Gasteiger partial charge < -0.3 is 5.32 Å². The van der Waals surface area contributed by atoms with Gasteiger partial charge >= 0.3 is 0 Å². The summed E-state index contributed by atoms with van der Waals surface area (Å²) >= 11 is 0. The summed E-state index contributed by atoms with van der Waals surface area (Å²) in [6.45, 7) is 9.42. The first-order chi connectivity index (χ1) is 8.31. The summed E-state index contributed by atoms with van der Waals surface area (Å²) in [5.41, 5.74) is 0. The van der Waals surface area contributed by atoms with Crippen molar-refractivity contribution in [3.8, 4) is 0 Å². The van der Waals surface area contributed by atoms with Crippen molar-refractivity contribution in [1.82, 2.24) is 25.0 Å². The Morgan fingerprint density at radius 1 is 1.29 bits per heavy atom. The Balaban J connectivity index is 2.54. The van der Waals surface area contributed by atoms with E-state index in [9.17, 15) is 0 Å². The van der Waals surface area contributed by atoms with Crippen molar-refractivity contribution < 1.29 is 0 Å². The average Bonchev–Trinajstić information content (AvgIpc) is 2.74. The Kier molecular flexibility index (Phi) is 6.81. The molecule has 17 heavy (non-hydrogen) atoms. The molecule has 0 aliphatic rings. The van der Waals surface area contributed by atoms with E-state index in [1.165, 1.54) is 6.42 Å². The summed E-state index contributed by atoms with van der Waals surface area (Å²) in [7, 11) is 1.99. The van der Waals surface area contributed by atoms with Gasteiger partial charge in [0.1, 0.15) is 12.2 Å². The minimum atomic E-state index is 0.898. The second-order valence-electron chi connectivity index (χ2n) is 4.28. The van der Waals surface area contributed by atoms with Gasteiger partial charge in [0, 0.05) is 19.6 Å². The van der Waals surface area contributed by atoms with Crippen molar-refractivity contribution >= 4 is 0 Å². The molecule has 0 aliphatic heterocycles. The molecule has 0 aromatic carbocycles. The van der Waals surface area contributed by atoms with Gasteiger partial charge in [-0.3, -0.25) is 4.90 Å². The lowest BCUT2D eigenvalue weighted by Crippen LogP contribution is -2.32. The number of hydrogen-bond acceptors (Lipinski definition) is 4. The summed E-state index contributed by atoms with van der Waals surface area (Å²) in [6, 6.07) is 0. The molecule has 1 aromatic heterocycles. The molecule has 0 fully saturated rings. The molecule has 0 unspecified atom stereocenters. The average molecular weight is 239 g/mol. The molecule has 0 bridgehead atoms. The minimum Gasteiger partial charge on any atom is -0.318 e. The smallest absolute Gasteiger partial charge is 0.141 e. The number of aryl methyl sites for hydroxylation is 1. The van der Waals surface area contributed by atoms with E-state index < -0.39 is 0 Å². The van der Waals surface area contributed by atoms with Crippen LogP contribution in [0.4, 0.5) is 0 Å². The van der Waals surface area contributed by atoms with E-state index in [1.54, 1.807) is 6.33 Å². The number of aromatic nitrogens is 3. The third kappa shape index (κ3) is 4.83. The van der Waals surface area contributed by atoms with Gasteiger partial charge in [0.05, 0.1) is 6.54 Å². The molecule has 98 valence electrons. The lowest BCUT2D eigenvalue weighted by atomic mass is 10.3. The zero-order chi connectivity index (χ0) is 12.5. The topological polar surface area (TPSA) is 46.0 Å².